The average molecular weight is 263 g/mol. The van der Waals surface area contributed by atoms with E-state index in [1.54, 1.807) is 12.1 Å². The van der Waals surface area contributed by atoms with E-state index in [1.807, 2.05) is 0 Å². The maximum atomic E-state index is 12.8. The van der Waals surface area contributed by atoms with Crippen LogP contribution in [0.4, 0.5) is 4.39 Å². The number of aliphatic imine (C=N–C) groups is 1. The number of hydrogen-bond donors (Lipinski definition) is 2. The molecule has 0 spiro atoms. The molecule has 0 radical (unpaired) electrons. The fraction of sp³-hybridized carbons (Fsp3) is 0.533. The molecule has 0 unspecified atom stereocenters. The van der Waals surface area contributed by atoms with Gasteiger partial charge in [0.05, 0.1) is 6.54 Å². The third-order valence-corrected chi connectivity index (χ3v) is 3.37. The molecule has 1 aromatic carbocycles. The molecule has 2 rings (SSSR count). The Bertz CT molecular complexity index is 408. The van der Waals surface area contributed by atoms with Gasteiger partial charge in [-0.2, -0.15) is 0 Å². The molecular weight excluding hydrogens is 241 g/mol. The van der Waals surface area contributed by atoms with Crippen molar-refractivity contribution in [1.82, 2.24) is 10.6 Å². The van der Waals surface area contributed by atoms with E-state index in [0.29, 0.717) is 12.6 Å². The second-order valence-electron chi connectivity index (χ2n) is 4.95. The van der Waals surface area contributed by atoms with E-state index in [2.05, 4.69) is 22.5 Å². The van der Waals surface area contributed by atoms with E-state index in [9.17, 15) is 4.39 Å². The molecule has 2 N–H and O–H groups in total. The first kappa shape index (κ1) is 13.8. The van der Waals surface area contributed by atoms with E-state index < -0.39 is 0 Å². The number of nitrogens with zero attached hydrogens (tertiary/aromatic N) is 1. The smallest absolute Gasteiger partial charge is 0.191 e. The van der Waals surface area contributed by atoms with Gasteiger partial charge >= 0.3 is 0 Å². The van der Waals surface area contributed by atoms with Crippen molar-refractivity contribution in [1.29, 1.82) is 0 Å². The van der Waals surface area contributed by atoms with Crippen molar-refractivity contribution >= 4 is 5.96 Å². The normalized spacial score (nSPS) is 16.6. The molecule has 0 aromatic heterocycles. The average Bonchev–Trinajstić information content (AvgIpc) is 2.91. The fourth-order valence-corrected chi connectivity index (χ4v) is 2.34. The number of rotatable bonds is 4. The lowest BCUT2D eigenvalue weighted by molar-refractivity contribution is 0.613. The lowest BCUT2D eigenvalue weighted by atomic mass is 10.2. The van der Waals surface area contributed by atoms with Crippen LogP contribution in [-0.4, -0.2) is 18.5 Å². The van der Waals surface area contributed by atoms with Gasteiger partial charge in [0.1, 0.15) is 5.82 Å². The summed E-state index contributed by atoms with van der Waals surface area (Å²) in [6.07, 6.45) is 5.05. The van der Waals surface area contributed by atoms with Crippen LogP contribution in [0.15, 0.2) is 29.3 Å². The lowest BCUT2D eigenvalue weighted by Gasteiger charge is -2.16. The van der Waals surface area contributed by atoms with Gasteiger partial charge in [0.2, 0.25) is 0 Å². The highest BCUT2D eigenvalue weighted by atomic mass is 19.1. The Labute approximate surface area is 114 Å². The Balaban J connectivity index is 1.92. The van der Waals surface area contributed by atoms with Gasteiger partial charge in [0, 0.05) is 12.6 Å². The summed E-state index contributed by atoms with van der Waals surface area (Å²) in [6.45, 7) is 3.48. The zero-order valence-corrected chi connectivity index (χ0v) is 11.5. The van der Waals surface area contributed by atoms with Crippen molar-refractivity contribution < 1.29 is 4.39 Å². The summed E-state index contributed by atoms with van der Waals surface area (Å²) < 4.78 is 12.8. The van der Waals surface area contributed by atoms with Crippen LogP contribution in [-0.2, 0) is 6.54 Å². The van der Waals surface area contributed by atoms with Crippen molar-refractivity contribution in [2.75, 3.05) is 6.54 Å². The number of guanidine groups is 1. The predicted molar refractivity (Wildman–Crippen MR) is 76.6 cm³/mol. The highest BCUT2D eigenvalue weighted by Gasteiger charge is 2.15. The van der Waals surface area contributed by atoms with E-state index in [4.69, 9.17) is 0 Å². The van der Waals surface area contributed by atoms with Crippen molar-refractivity contribution in [3.63, 3.8) is 0 Å². The molecule has 1 fully saturated rings. The Kier molecular flexibility index (Phi) is 5.19. The van der Waals surface area contributed by atoms with Gasteiger partial charge in [0.15, 0.2) is 5.96 Å². The largest absolute Gasteiger partial charge is 0.357 e. The van der Waals surface area contributed by atoms with Gasteiger partial charge in [-0.1, -0.05) is 25.0 Å². The third-order valence-electron chi connectivity index (χ3n) is 3.37. The molecule has 19 heavy (non-hydrogen) atoms. The summed E-state index contributed by atoms with van der Waals surface area (Å²) in [7, 11) is 0. The summed E-state index contributed by atoms with van der Waals surface area (Å²) in [5.41, 5.74) is 1.02. The van der Waals surface area contributed by atoms with Crippen molar-refractivity contribution in [3.05, 3.63) is 35.6 Å². The van der Waals surface area contributed by atoms with Crippen LogP contribution in [0, 0.1) is 5.82 Å². The maximum absolute atomic E-state index is 12.8. The molecule has 0 bridgehead atoms. The number of benzene rings is 1. The molecule has 1 aliphatic rings. The number of halogens is 1. The summed E-state index contributed by atoms with van der Waals surface area (Å²) >= 11 is 0. The third kappa shape index (κ3) is 4.54. The zero-order valence-electron chi connectivity index (χ0n) is 11.5. The van der Waals surface area contributed by atoms with Crippen LogP contribution in [0.25, 0.3) is 0 Å². The first-order valence-electron chi connectivity index (χ1n) is 7.07. The Hall–Kier alpha value is -1.58. The maximum Gasteiger partial charge on any atom is 0.191 e. The summed E-state index contributed by atoms with van der Waals surface area (Å²) in [6, 6.07) is 7.05. The lowest BCUT2D eigenvalue weighted by Crippen LogP contribution is -2.42. The molecule has 0 amide bonds. The van der Waals surface area contributed by atoms with Crippen molar-refractivity contribution in [2.45, 2.75) is 45.2 Å². The molecule has 0 heterocycles. The van der Waals surface area contributed by atoms with Crippen molar-refractivity contribution in [3.8, 4) is 0 Å². The number of nitrogens with one attached hydrogen (secondary N) is 2. The Morgan fingerprint density at radius 3 is 2.58 bits per heavy atom. The van der Waals surface area contributed by atoms with Crippen LogP contribution in [0.3, 0.4) is 0 Å². The first-order valence-corrected chi connectivity index (χ1v) is 7.07. The zero-order chi connectivity index (χ0) is 13.5. The minimum absolute atomic E-state index is 0.205. The molecule has 0 aliphatic heterocycles. The topological polar surface area (TPSA) is 36.4 Å². The molecule has 4 heteroatoms. The van der Waals surface area contributed by atoms with Gasteiger partial charge < -0.3 is 10.6 Å². The van der Waals surface area contributed by atoms with Gasteiger partial charge in [-0.05, 0) is 37.5 Å². The summed E-state index contributed by atoms with van der Waals surface area (Å²) in [5.74, 6) is 0.655. The Morgan fingerprint density at radius 2 is 1.95 bits per heavy atom. The molecule has 0 saturated heterocycles. The standard InChI is InChI=1S/C15H22FN3/c1-2-17-15(19-14-5-3-4-6-14)18-11-12-7-9-13(16)10-8-12/h7-10,14H,2-6,11H2,1H3,(H2,17,18,19). The quantitative estimate of drug-likeness (QED) is 0.647. The first-order chi connectivity index (χ1) is 9.28. The van der Waals surface area contributed by atoms with Gasteiger partial charge in [-0.25, -0.2) is 9.38 Å². The van der Waals surface area contributed by atoms with Crippen LogP contribution in [0.5, 0.6) is 0 Å². The Morgan fingerprint density at radius 1 is 1.26 bits per heavy atom. The van der Waals surface area contributed by atoms with Gasteiger partial charge in [-0.3, -0.25) is 0 Å². The minimum Gasteiger partial charge on any atom is -0.357 e. The van der Waals surface area contributed by atoms with E-state index >= 15 is 0 Å². The van der Waals surface area contributed by atoms with E-state index in [-0.39, 0.29) is 5.82 Å². The molecule has 1 aliphatic carbocycles. The monoisotopic (exact) mass is 263 g/mol. The van der Waals surface area contributed by atoms with Crippen molar-refractivity contribution in [2.24, 2.45) is 4.99 Å². The summed E-state index contributed by atoms with van der Waals surface area (Å²) in [5, 5.41) is 6.72. The molecule has 0 atom stereocenters. The van der Waals surface area contributed by atoms with Crippen LogP contribution < -0.4 is 10.6 Å². The van der Waals surface area contributed by atoms with Crippen LogP contribution in [0.1, 0.15) is 38.2 Å². The van der Waals surface area contributed by atoms with E-state index in [0.717, 1.165) is 18.1 Å². The predicted octanol–water partition coefficient (Wildman–Crippen LogP) is 2.82. The fourth-order valence-electron chi connectivity index (χ4n) is 2.34. The highest BCUT2D eigenvalue weighted by molar-refractivity contribution is 5.80. The highest BCUT2D eigenvalue weighted by Crippen LogP contribution is 2.17. The minimum atomic E-state index is -0.205. The van der Waals surface area contributed by atoms with Gasteiger partial charge in [0.25, 0.3) is 0 Å². The molecular formula is C15H22FN3. The second-order valence-corrected chi connectivity index (χ2v) is 4.95. The SMILES string of the molecule is CCNC(=NCc1ccc(F)cc1)NC1CCCC1. The second kappa shape index (κ2) is 7.12. The van der Waals surface area contributed by atoms with Gasteiger partial charge in [-0.15, -0.1) is 0 Å². The molecule has 1 aromatic rings. The number of hydrogen-bond acceptors (Lipinski definition) is 1. The van der Waals surface area contributed by atoms with Crippen LogP contribution >= 0.6 is 0 Å². The van der Waals surface area contributed by atoms with E-state index in [1.165, 1.54) is 37.8 Å². The van der Waals surface area contributed by atoms with Crippen LogP contribution in [0.2, 0.25) is 0 Å². The summed E-state index contributed by atoms with van der Waals surface area (Å²) in [4.78, 5) is 4.55. The molecule has 1 saturated carbocycles. The molecule has 104 valence electrons. The molecule has 3 nitrogen and oxygen atoms in total.